The van der Waals surface area contributed by atoms with Gasteiger partial charge in [-0.1, -0.05) is 90.0 Å². The van der Waals surface area contributed by atoms with E-state index < -0.39 is 213 Å². The number of ether oxygens (including phenoxy) is 6. The predicted octanol–water partition coefficient (Wildman–Crippen LogP) is 1.41. The number of unbranched alkanes of at least 4 members (excludes halogenated alkanes) is 2. The Bertz CT molecular complexity index is 3430. The fourth-order valence-corrected chi connectivity index (χ4v) is 17.8. The van der Waals surface area contributed by atoms with Crippen LogP contribution in [0, 0.1) is 45.8 Å². The molecule has 3 saturated heterocycles. The molecule has 7 amide bonds. The minimum Gasteiger partial charge on any atom is -0.395 e. The van der Waals surface area contributed by atoms with Crippen molar-refractivity contribution in [2.24, 2.45) is 51.6 Å². The van der Waals surface area contributed by atoms with Gasteiger partial charge in [-0.25, -0.2) is 4.57 Å². The minimum atomic E-state index is -4.55. The van der Waals surface area contributed by atoms with Gasteiger partial charge in [-0.3, -0.25) is 57.5 Å². The van der Waals surface area contributed by atoms with Gasteiger partial charge in [0.2, 0.25) is 41.4 Å². The smallest absolute Gasteiger partial charge is 0.395 e. The van der Waals surface area contributed by atoms with Gasteiger partial charge < -0.3 is 133 Å². The Morgan fingerprint density at radius 2 is 0.913 bits per heavy atom. The maximum Gasteiger partial charge on any atom is 0.472 e. The third-order valence-corrected chi connectivity index (χ3v) is 25.5. The number of nitrogens with one attached hydrogen (secondary N) is 9. The van der Waals surface area contributed by atoms with Crippen LogP contribution in [0.2, 0.25) is 0 Å². The minimum absolute atomic E-state index is 0.00448. The summed E-state index contributed by atoms with van der Waals surface area (Å²) in [5, 5.41) is 130. The zero-order valence-corrected chi connectivity index (χ0v) is 80.0. The molecule has 3 aliphatic rings. The van der Waals surface area contributed by atoms with Crippen LogP contribution in [0.4, 0.5) is 0 Å². The Hall–Kier alpha value is -5.02. The second-order valence-electron chi connectivity index (χ2n) is 39.2. The third-order valence-electron chi connectivity index (χ3n) is 24.3. The Morgan fingerprint density at radius 1 is 0.496 bits per heavy atom. The number of ketones is 2. The van der Waals surface area contributed by atoms with Gasteiger partial charge in [0.15, 0.2) is 30.4 Å². The largest absolute Gasteiger partial charge is 0.472 e. The van der Waals surface area contributed by atoms with Gasteiger partial charge in [0, 0.05) is 73.2 Å². The summed E-state index contributed by atoms with van der Waals surface area (Å²) in [6, 6.07) is -6.82. The molecular formula is C87H163N10O29P. The third kappa shape index (κ3) is 40.0. The Morgan fingerprint density at radius 3 is 1.31 bits per heavy atom. The fraction of sp³-hybridized carbons (Fsp3) is 0.897. The molecule has 0 bridgehead atoms. The lowest BCUT2D eigenvalue weighted by Crippen LogP contribution is -2.67. The number of aliphatic hydroxyl groups excluding tert-OH is 10. The van der Waals surface area contributed by atoms with Gasteiger partial charge in [0.25, 0.3) is 0 Å². The Kier molecular flexibility index (Phi) is 49.7. The summed E-state index contributed by atoms with van der Waals surface area (Å²) < 4.78 is 57.8. The number of rotatable bonds is 62. The SMILES string of the molecule is CCC(C)(NCC(C)(C)CC(C)CC(=O)C(N)(CC)NC(CO)C(C)(C)OP(=O)(O)OC)C(=O)[C@H](CCCCNC(=O)CCC(C)CC(C)(C)CO[C@@H]1O[C@H](CO)[C@H](O)[C@H](O)[C@H]1NC(C)=O)NC(=O)[C@H](CCCCNC(=O)CCC(C)CC(C)(C)CO[C@@H]1O[C@H](CO)[C@H](O)[C@H](O)[C@H]1NC(C)=O)NC(=O)CC(C)CC(C)CCO[C@@H]1O[C@H](CO)[C@H](O)[C@H](O)[C@H]1NC(C)=O. The van der Waals surface area contributed by atoms with Crippen LogP contribution >= 0.6 is 7.82 Å². The zero-order chi connectivity index (χ0) is 96.5. The second kappa shape index (κ2) is 54.4. The van der Waals surface area contributed by atoms with Crippen LogP contribution in [0.15, 0.2) is 0 Å². The number of amides is 7. The first kappa shape index (κ1) is 116. The van der Waals surface area contributed by atoms with Gasteiger partial charge in [0.1, 0.15) is 84.8 Å². The highest BCUT2D eigenvalue weighted by Gasteiger charge is 2.51. The highest BCUT2D eigenvalue weighted by atomic mass is 31.2. The molecule has 39 nitrogen and oxygen atoms in total. The number of phosphoric ester groups is 1. The van der Waals surface area contributed by atoms with E-state index in [1.165, 1.54) is 34.6 Å². The summed E-state index contributed by atoms with van der Waals surface area (Å²) >= 11 is 0. The van der Waals surface area contributed by atoms with Crippen molar-refractivity contribution >= 4 is 60.7 Å². The summed E-state index contributed by atoms with van der Waals surface area (Å²) in [6.45, 7) is 31.8. The molecule has 3 fully saturated rings. The van der Waals surface area contributed by atoms with E-state index in [1.807, 2.05) is 83.1 Å². The highest BCUT2D eigenvalue weighted by Crippen LogP contribution is 2.47. The average molecular weight is 1840 g/mol. The van der Waals surface area contributed by atoms with E-state index in [2.05, 4.69) is 52.4 Å². The lowest BCUT2D eigenvalue weighted by Gasteiger charge is -2.43. The maximum atomic E-state index is 15.6. The quantitative estimate of drug-likeness (QED) is 0.0232. The van der Waals surface area contributed by atoms with Crippen LogP contribution in [0.3, 0.4) is 0 Å². The number of carbonyl (C=O) groups excluding carboxylic acids is 9. The highest BCUT2D eigenvalue weighted by molar-refractivity contribution is 7.47. The van der Waals surface area contributed by atoms with Gasteiger partial charge in [-0.15, -0.1) is 0 Å². The van der Waals surface area contributed by atoms with Gasteiger partial charge >= 0.3 is 7.82 Å². The molecule has 740 valence electrons. The number of carbonyl (C=O) groups is 9. The number of hydrogen-bond acceptors (Lipinski definition) is 31. The maximum absolute atomic E-state index is 15.6. The van der Waals surface area contributed by atoms with Crippen LogP contribution in [-0.4, -0.2) is 309 Å². The summed E-state index contributed by atoms with van der Waals surface area (Å²) in [5.41, 5.74) is 0.591. The van der Waals surface area contributed by atoms with Crippen LogP contribution in [-0.2, 0) is 85.2 Å². The molecule has 3 rings (SSSR count). The van der Waals surface area contributed by atoms with Crippen molar-refractivity contribution in [1.82, 2.24) is 47.9 Å². The van der Waals surface area contributed by atoms with Crippen LogP contribution < -0.4 is 53.6 Å². The van der Waals surface area contributed by atoms with E-state index in [0.29, 0.717) is 70.6 Å². The van der Waals surface area contributed by atoms with E-state index in [0.717, 1.165) is 7.11 Å². The summed E-state index contributed by atoms with van der Waals surface area (Å²) in [6.07, 6.45) is -10.3. The first-order valence-corrected chi connectivity index (χ1v) is 46.8. The molecule has 9 unspecified atom stereocenters. The topological polar surface area (TPSA) is 601 Å². The zero-order valence-electron chi connectivity index (χ0n) is 79.1. The van der Waals surface area contributed by atoms with E-state index in [9.17, 15) is 94.1 Å². The van der Waals surface area contributed by atoms with Crippen molar-refractivity contribution in [3.8, 4) is 0 Å². The molecule has 3 aliphatic heterocycles. The first-order valence-electron chi connectivity index (χ1n) is 45.3. The monoisotopic (exact) mass is 1840 g/mol. The molecule has 40 heteroatoms. The summed E-state index contributed by atoms with van der Waals surface area (Å²) in [7, 11) is -3.55. The number of aliphatic hydroxyl groups is 10. The fourth-order valence-electron chi connectivity index (χ4n) is 17.0. The van der Waals surface area contributed by atoms with E-state index >= 15 is 9.59 Å². The van der Waals surface area contributed by atoms with Crippen molar-refractivity contribution in [3.63, 3.8) is 0 Å². The normalized spacial score (nSPS) is 26.5. The van der Waals surface area contributed by atoms with Crippen LogP contribution in [0.1, 0.15) is 254 Å². The number of phosphoric acid groups is 1. The molecule has 0 saturated carbocycles. The Balaban J connectivity index is 1.91. The summed E-state index contributed by atoms with van der Waals surface area (Å²) in [4.78, 5) is 133. The molecule has 0 aromatic rings. The van der Waals surface area contributed by atoms with Gasteiger partial charge in [0.05, 0.1) is 69.5 Å². The molecule has 22 N–H and O–H groups in total. The average Bonchev–Trinajstić information content (AvgIpc) is 0.818. The molecule has 0 aromatic heterocycles. The second-order valence-corrected chi connectivity index (χ2v) is 40.7. The lowest BCUT2D eigenvalue weighted by molar-refractivity contribution is -0.275. The van der Waals surface area contributed by atoms with Crippen molar-refractivity contribution in [2.75, 3.05) is 73.0 Å². The molecule has 127 heavy (non-hydrogen) atoms. The van der Waals surface area contributed by atoms with Crippen molar-refractivity contribution in [2.45, 2.75) is 380 Å². The van der Waals surface area contributed by atoms with Gasteiger partial charge in [-0.2, -0.15) is 0 Å². The number of nitrogens with two attached hydrogens (primary N) is 1. The molecule has 0 aromatic carbocycles. The van der Waals surface area contributed by atoms with E-state index in [-0.39, 0.29) is 138 Å². The molecule has 26 atom stereocenters. The number of hydrogen-bond donors (Lipinski definition) is 21. The van der Waals surface area contributed by atoms with Crippen LogP contribution in [0.5, 0.6) is 0 Å². The molecular weight excluding hydrogens is 1680 g/mol. The molecule has 0 radical (unpaired) electrons. The van der Waals surface area contributed by atoms with E-state index in [1.54, 1.807) is 13.8 Å². The van der Waals surface area contributed by atoms with Crippen molar-refractivity contribution < 1.29 is 141 Å². The molecule has 3 heterocycles. The van der Waals surface area contributed by atoms with E-state index in [4.69, 9.17) is 38.7 Å². The molecule has 0 spiro atoms. The van der Waals surface area contributed by atoms with Crippen LogP contribution in [0.25, 0.3) is 0 Å². The molecule has 0 aliphatic carbocycles. The predicted molar refractivity (Wildman–Crippen MR) is 469 cm³/mol. The van der Waals surface area contributed by atoms with Gasteiger partial charge in [-0.05, 0) is 163 Å². The number of Topliss-reactive ketones (excluding diaryl/α,β-unsaturated/α-hetero) is 2. The standard InChI is InChI=1S/C87H163N10O29P/c1-21-86(19,91-47-82(11,12)42-54(7)38-64(105)87(88,22-2)97-63(46-101)85(17,18)126-127(117,118)119-20)77(115)58(27-23-25-34-89-65(106)31-29-51(4)40-83(13,14)48-121-80-69(93-56(9)103)75(113)72(110)61(44-99)124-80)96-78(116)59(95-67(108)39-53(6)37-50(3)33-36-120-79-68(92-55(8)102)74(112)71(109)60(43-98)123-79)28-24-26-35-90-66(107)32-30-52(5)41-84(15,16)49-122-81-70(94-57(10)104)76(114)73(111)62(45-100)125-81/h50-54,58-63,68-76,79-81,91,97-101,109-114H,21-49,88H2,1-20H3,(H,89,106)(H,90,107)(H,92,102)(H,93,103)(H,94,104)(H,95,108)(H,96,116)(H,117,118)/t50?,51?,52?,53?,54?,58-,59-,60+,61+,62+,63?,68+,69+,70+,71-,72-,73-,74+,75+,76+,79+,80+,81+,86?,87?/m0/s1. The lowest BCUT2D eigenvalue weighted by atomic mass is 9.78. The Labute approximate surface area is 751 Å². The van der Waals surface area contributed by atoms with Crippen molar-refractivity contribution in [1.29, 1.82) is 0 Å². The van der Waals surface area contributed by atoms with Crippen molar-refractivity contribution in [3.05, 3.63) is 0 Å². The first-order chi connectivity index (χ1) is 59.0. The summed E-state index contributed by atoms with van der Waals surface area (Å²) in [5.74, 6) is -4.42.